The van der Waals surface area contributed by atoms with E-state index in [1.807, 2.05) is 12.1 Å². The van der Waals surface area contributed by atoms with Crippen LogP contribution < -0.4 is 15.8 Å². The molecule has 23 heavy (non-hydrogen) atoms. The number of rotatable bonds is 6. The second-order valence-electron chi connectivity index (χ2n) is 6.59. The van der Waals surface area contributed by atoms with Crippen molar-refractivity contribution in [2.45, 2.75) is 39.3 Å². The highest BCUT2D eigenvalue weighted by atomic mass is 16.5. The predicted molar refractivity (Wildman–Crippen MR) is 95.8 cm³/mol. The molecule has 1 aromatic carbocycles. The molecule has 0 unspecified atom stereocenters. The van der Waals surface area contributed by atoms with Crippen molar-refractivity contribution in [3.8, 4) is 5.75 Å². The maximum Gasteiger partial charge on any atom is 0.188 e. The number of guanidine groups is 1. The second kappa shape index (κ2) is 8.77. The van der Waals surface area contributed by atoms with Crippen molar-refractivity contribution in [2.75, 3.05) is 26.7 Å². The van der Waals surface area contributed by atoms with Crippen LogP contribution in [0, 0.1) is 5.92 Å². The van der Waals surface area contributed by atoms with Crippen LogP contribution in [0.4, 0.5) is 0 Å². The van der Waals surface area contributed by atoms with E-state index < -0.39 is 0 Å². The quantitative estimate of drug-likeness (QED) is 0.623. The first-order chi connectivity index (χ1) is 11.1. The van der Waals surface area contributed by atoms with E-state index in [0.717, 1.165) is 31.9 Å². The van der Waals surface area contributed by atoms with Crippen molar-refractivity contribution in [3.05, 3.63) is 29.8 Å². The molecule has 0 atom stereocenters. The van der Waals surface area contributed by atoms with Gasteiger partial charge in [-0.1, -0.05) is 12.1 Å². The topological polar surface area (TPSA) is 62.9 Å². The number of likely N-dealkylation sites (tertiary alicyclic amines) is 1. The molecular weight excluding hydrogens is 288 g/mol. The minimum absolute atomic E-state index is 0.338. The molecule has 2 rings (SSSR count). The van der Waals surface area contributed by atoms with E-state index in [1.54, 1.807) is 7.11 Å². The van der Waals surface area contributed by atoms with E-state index in [4.69, 9.17) is 10.5 Å². The summed E-state index contributed by atoms with van der Waals surface area (Å²) in [7, 11) is 1.70. The van der Waals surface area contributed by atoms with Crippen LogP contribution in [-0.2, 0) is 6.54 Å². The summed E-state index contributed by atoms with van der Waals surface area (Å²) in [6, 6.07) is 8.69. The summed E-state index contributed by atoms with van der Waals surface area (Å²) in [6.45, 7) is 8.24. The lowest BCUT2D eigenvalue weighted by molar-refractivity contribution is 0.180. The number of benzene rings is 1. The third kappa shape index (κ3) is 6.10. The van der Waals surface area contributed by atoms with Gasteiger partial charge in [0, 0.05) is 19.1 Å². The van der Waals surface area contributed by atoms with Gasteiger partial charge >= 0.3 is 0 Å². The zero-order chi connectivity index (χ0) is 16.7. The SMILES string of the molecule is COc1ccc(CN2CCC(CN=C(N)NC(C)C)CC2)cc1. The molecule has 1 saturated heterocycles. The van der Waals surface area contributed by atoms with Gasteiger partial charge in [0.25, 0.3) is 0 Å². The summed E-state index contributed by atoms with van der Waals surface area (Å²) >= 11 is 0. The maximum atomic E-state index is 5.86. The van der Waals surface area contributed by atoms with Crippen LogP contribution in [0.25, 0.3) is 0 Å². The molecule has 0 amide bonds. The molecule has 128 valence electrons. The lowest BCUT2D eigenvalue weighted by atomic mass is 9.96. The molecular formula is C18H30N4O. The molecule has 0 radical (unpaired) electrons. The van der Waals surface area contributed by atoms with Crippen molar-refractivity contribution in [1.29, 1.82) is 0 Å². The number of hydrogen-bond acceptors (Lipinski definition) is 3. The standard InChI is InChI=1S/C18H30N4O/c1-14(2)21-18(19)20-12-15-8-10-22(11-9-15)13-16-4-6-17(23-3)7-5-16/h4-7,14-15H,8-13H2,1-3H3,(H3,19,20,21). The molecule has 0 spiro atoms. The van der Waals surface area contributed by atoms with Crippen LogP contribution in [0.5, 0.6) is 5.75 Å². The third-order valence-electron chi connectivity index (χ3n) is 4.23. The average Bonchev–Trinajstić information content (AvgIpc) is 2.54. The lowest BCUT2D eigenvalue weighted by Gasteiger charge is -2.31. The van der Waals surface area contributed by atoms with Crippen LogP contribution in [0.15, 0.2) is 29.3 Å². The molecule has 1 heterocycles. The fourth-order valence-corrected chi connectivity index (χ4v) is 2.89. The maximum absolute atomic E-state index is 5.86. The van der Waals surface area contributed by atoms with Crippen molar-refractivity contribution in [1.82, 2.24) is 10.2 Å². The minimum atomic E-state index is 0.338. The first kappa shape index (κ1) is 17.6. The number of nitrogens with two attached hydrogens (primary N) is 1. The average molecular weight is 318 g/mol. The number of hydrogen-bond donors (Lipinski definition) is 2. The zero-order valence-corrected chi connectivity index (χ0v) is 14.6. The number of piperidine rings is 1. The molecule has 1 aliphatic rings. The lowest BCUT2D eigenvalue weighted by Crippen LogP contribution is -2.38. The van der Waals surface area contributed by atoms with Crippen LogP contribution in [0.1, 0.15) is 32.3 Å². The summed E-state index contributed by atoms with van der Waals surface area (Å²) in [5, 5.41) is 3.14. The Balaban J connectivity index is 1.73. The van der Waals surface area contributed by atoms with Gasteiger partial charge in [0.05, 0.1) is 7.11 Å². The molecule has 1 aliphatic heterocycles. The van der Waals surface area contributed by atoms with Crippen LogP contribution in [0.2, 0.25) is 0 Å². The molecule has 1 fully saturated rings. The van der Waals surface area contributed by atoms with Gasteiger partial charge in [-0.25, -0.2) is 0 Å². The molecule has 0 aliphatic carbocycles. The van der Waals surface area contributed by atoms with Crippen molar-refractivity contribution in [3.63, 3.8) is 0 Å². The molecule has 0 aromatic heterocycles. The van der Waals surface area contributed by atoms with Gasteiger partial charge in [-0.15, -0.1) is 0 Å². The number of nitrogens with zero attached hydrogens (tertiary/aromatic N) is 2. The van der Waals surface area contributed by atoms with E-state index in [-0.39, 0.29) is 0 Å². The highest BCUT2D eigenvalue weighted by Gasteiger charge is 2.19. The van der Waals surface area contributed by atoms with Gasteiger partial charge in [0.2, 0.25) is 0 Å². The van der Waals surface area contributed by atoms with Gasteiger partial charge in [-0.2, -0.15) is 0 Å². The molecule has 0 saturated carbocycles. The Kier molecular flexibility index (Phi) is 6.71. The van der Waals surface area contributed by atoms with E-state index >= 15 is 0 Å². The monoisotopic (exact) mass is 318 g/mol. The Morgan fingerprint density at radius 2 is 1.96 bits per heavy atom. The Morgan fingerprint density at radius 3 is 2.52 bits per heavy atom. The summed E-state index contributed by atoms with van der Waals surface area (Å²) in [5.74, 6) is 2.13. The van der Waals surface area contributed by atoms with E-state index in [1.165, 1.54) is 18.4 Å². The third-order valence-corrected chi connectivity index (χ3v) is 4.23. The van der Waals surface area contributed by atoms with E-state index in [9.17, 15) is 0 Å². The number of ether oxygens (including phenoxy) is 1. The fraction of sp³-hybridized carbons (Fsp3) is 0.611. The van der Waals surface area contributed by atoms with E-state index in [0.29, 0.717) is 17.9 Å². The van der Waals surface area contributed by atoms with Gasteiger partial charge in [0.1, 0.15) is 5.75 Å². The Bertz CT molecular complexity index is 490. The largest absolute Gasteiger partial charge is 0.497 e. The zero-order valence-electron chi connectivity index (χ0n) is 14.6. The highest BCUT2D eigenvalue weighted by molar-refractivity contribution is 5.78. The number of methoxy groups -OCH3 is 1. The summed E-state index contributed by atoms with van der Waals surface area (Å²) < 4.78 is 5.20. The summed E-state index contributed by atoms with van der Waals surface area (Å²) in [5.41, 5.74) is 7.20. The summed E-state index contributed by atoms with van der Waals surface area (Å²) in [6.07, 6.45) is 2.38. The normalized spacial score (nSPS) is 17.5. The first-order valence-corrected chi connectivity index (χ1v) is 8.48. The smallest absolute Gasteiger partial charge is 0.188 e. The summed E-state index contributed by atoms with van der Waals surface area (Å²) in [4.78, 5) is 6.98. The first-order valence-electron chi connectivity index (χ1n) is 8.48. The Labute approximate surface area is 139 Å². The Hall–Kier alpha value is -1.75. The number of nitrogens with one attached hydrogen (secondary N) is 1. The fourth-order valence-electron chi connectivity index (χ4n) is 2.89. The van der Waals surface area contributed by atoms with E-state index in [2.05, 4.69) is 41.2 Å². The van der Waals surface area contributed by atoms with Crippen LogP contribution in [-0.4, -0.2) is 43.6 Å². The van der Waals surface area contributed by atoms with Gasteiger partial charge in [-0.3, -0.25) is 9.89 Å². The minimum Gasteiger partial charge on any atom is -0.497 e. The highest BCUT2D eigenvalue weighted by Crippen LogP contribution is 2.20. The van der Waals surface area contributed by atoms with Crippen LogP contribution >= 0.6 is 0 Å². The van der Waals surface area contributed by atoms with Crippen LogP contribution in [0.3, 0.4) is 0 Å². The molecule has 0 bridgehead atoms. The van der Waals surface area contributed by atoms with Gasteiger partial charge in [-0.05, 0) is 63.4 Å². The molecule has 3 N–H and O–H groups in total. The molecule has 5 heteroatoms. The molecule has 1 aromatic rings. The number of aliphatic imine (C=N–C) groups is 1. The molecule has 5 nitrogen and oxygen atoms in total. The van der Waals surface area contributed by atoms with Gasteiger partial charge < -0.3 is 15.8 Å². The van der Waals surface area contributed by atoms with Crippen molar-refractivity contribution >= 4 is 5.96 Å². The van der Waals surface area contributed by atoms with Crippen molar-refractivity contribution < 1.29 is 4.74 Å². The van der Waals surface area contributed by atoms with Gasteiger partial charge in [0.15, 0.2) is 5.96 Å². The second-order valence-corrected chi connectivity index (χ2v) is 6.59. The van der Waals surface area contributed by atoms with Crippen molar-refractivity contribution in [2.24, 2.45) is 16.6 Å². The predicted octanol–water partition coefficient (Wildman–Crippen LogP) is 2.22. The Morgan fingerprint density at radius 1 is 1.30 bits per heavy atom.